The summed E-state index contributed by atoms with van der Waals surface area (Å²) in [6.07, 6.45) is 6.55. The molecule has 2 rings (SSSR count). The second-order valence-corrected chi connectivity index (χ2v) is 9.03. The van der Waals surface area contributed by atoms with Crippen LogP contribution in [0, 0.1) is 0 Å². The molecule has 3 atom stereocenters. The first-order chi connectivity index (χ1) is 14.7. The lowest BCUT2D eigenvalue weighted by molar-refractivity contribution is -0.121. The van der Waals surface area contributed by atoms with Crippen molar-refractivity contribution in [2.75, 3.05) is 51.9 Å². The number of nitrogens with one attached hydrogen (secondary N) is 3. The van der Waals surface area contributed by atoms with E-state index in [1.54, 1.807) is 0 Å². The zero-order chi connectivity index (χ0) is 21.4. The van der Waals surface area contributed by atoms with E-state index >= 15 is 0 Å². The number of thioether (sulfide) groups is 1. The Morgan fingerprint density at radius 1 is 1.00 bits per heavy atom. The molecule has 9 heteroatoms. The standard InChI is InChI=1S/C21H39N3O5S/c1-2-3-10-27-12-14-29-15-13-28-11-6-9-22-19(25)8-5-4-7-18-20-17(16-30-18)23-21(26)24-20/h17-18,20H,2-16H2,1H3,(H,22,25)(H2,23,24,26)/t17-,18-,20+/m1/s1. The number of unbranched alkanes of at least 4 members (excludes halogenated alkanes) is 2. The van der Waals surface area contributed by atoms with E-state index in [4.69, 9.17) is 14.2 Å². The van der Waals surface area contributed by atoms with E-state index in [0.717, 1.165) is 50.9 Å². The Hall–Kier alpha value is -1.03. The fourth-order valence-electron chi connectivity index (χ4n) is 3.55. The van der Waals surface area contributed by atoms with Crippen molar-refractivity contribution in [1.29, 1.82) is 0 Å². The topological polar surface area (TPSA) is 97.9 Å². The van der Waals surface area contributed by atoms with Crippen LogP contribution in [0.15, 0.2) is 0 Å². The number of carbonyl (C=O) groups is 2. The van der Waals surface area contributed by atoms with Gasteiger partial charge in [0, 0.05) is 37.2 Å². The van der Waals surface area contributed by atoms with Crippen molar-refractivity contribution >= 4 is 23.7 Å². The average Bonchev–Trinajstić information content (AvgIpc) is 3.28. The summed E-state index contributed by atoms with van der Waals surface area (Å²) >= 11 is 1.92. The molecule has 174 valence electrons. The minimum Gasteiger partial charge on any atom is -0.379 e. The number of hydrogen-bond acceptors (Lipinski definition) is 6. The number of hydrogen-bond donors (Lipinski definition) is 3. The van der Waals surface area contributed by atoms with Crippen LogP contribution >= 0.6 is 11.8 Å². The van der Waals surface area contributed by atoms with Gasteiger partial charge >= 0.3 is 6.03 Å². The van der Waals surface area contributed by atoms with Crippen molar-refractivity contribution in [3.8, 4) is 0 Å². The van der Waals surface area contributed by atoms with Gasteiger partial charge in [-0.3, -0.25) is 4.79 Å². The highest BCUT2D eigenvalue weighted by Crippen LogP contribution is 2.33. The molecular weight excluding hydrogens is 406 g/mol. The van der Waals surface area contributed by atoms with Gasteiger partial charge in [0.25, 0.3) is 0 Å². The van der Waals surface area contributed by atoms with Crippen molar-refractivity contribution in [3.63, 3.8) is 0 Å². The first-order valence-electron chi connectivity index (χ1n) is 11.4. The van der Waals surface area contributed by atoms with Crippen LogP contribution in [0.25, 0.3) is 0 Å². The molecule has 2 saturated heterocycles. The molecule has 2 aliphatic heterocycles. The van der Waals surface area contributed by atoms with E-state index in [2.05, 4.69) is 22.9 Å². The lowest BCUT2D eigenvalue weighted by Crippen LogP contribution is -2.36. The number of fused-ring (bicyclic) bond motifs is 1. The maximum atomic E-state index is 11.9. The first kappa shape index (κ1) is 25.2. The summed E-state index contributed by atoms with van der Waals surface area (Å²) < 4.78 is 16.3. The predicted octanol–water partition coefficient (Wildman–Crippen LogP) is 2.07. The molecular formula is C21H39N3O5S. The van der Waals surface area contributed by atoms with Crippen LogP contribution in [0.4, 0.5) is 4.79 Å². The van der Waals surface area contributed by atoms with Crippen molar-refractivity contribution < 1.29 is 23.8 Å². The smallest absolute Gasteiger partial charge is 0.315 e. The van der Waals surface area contributed by atoms with Crippen molar-refractivity contribution in [3.05, 3.63) is 0 Å². The molecule has 0 saturated carbocycles. The normalized spacial score (nSPS) is 22.6. The summed E-state index contributed by atoms with van der Waals surface area (Å²) in [4.78, 5) is 23.3. The van der Waals surface area contributed by atoms with Gasteiger partial charge in [0.1, 0.15) is 0 Å². The van der Waals surface area contributed by atoms with E-state index in [1.807, 2.05) is 11.8 Å². The molecule has 0 aromatic heterocycles. The number of urea groups is 1. The third kappa shape index (κ3) is 10.3. The fourth-order valence-corrected chi connectivity index (χ4v) is 5.10. The fraction of sp³-hybridized carbons (Fsp3) is 0.905. The van der Waals surface area contributed by atoms with Crippen molar-refractivity contribution in [2.24, 2.45) is 0 Å². The Labute approximate surface area is 184 Å². The zero-order valence-corrected chi connectivity index (χ0v) is 19.1. The summed E-state index contributed by atoms with van der Waals surface area (Å²) in [7, 11) is 0. The van der Waals surface area contributed by atoms with E-state index in [0.29, 0.717) is 51.2 Å². The van der Waals surface area contributed by atoms with Crippen molar-refractivity contribution in [1.82, 2.24) is 16.0 Å². The third-order valence-electron chi connectivity index (χ3n) is 5.25. The average molecular weight is 446 g/mol. The Bertz CT molecular complexity index is 497. The van der Waals surface area contributed by atoms with E-state index in [1.165, 1.54) is 0 Å². The van der Waals surface area contributed by atoms with E-state index < -0.39 is 0 Å². The number of rotatable bonds is 18. The largest absolute Gasteiger partial charge is 0.379 e. The molecule has 0 aliphatic carbocycles. The molecule has 3 N–H and O–H groups in total. The van der Waals surface area contributed by atoms with E-state index in [9.17, 15) is 9.59 Å². The minimum absolute atomic E-state index is 0.0430. The van der Waals surface area contributed by atoms with Crippen LogP contribution in [-0.4, -0.2) is 81.2 Å². The molecule has 8 nitrogen and oxygen atoms in total. The molecule has 2 aliphatic rings. The molecule has 2 fully saturated rings. The van der Waals surface area contributed by atoms with Gasteiger partial charge in [-0.2, -0.15) is 11.8 Å². The quantitative estimate of drug-likeness (QED) is 0.221. The molecule has 0 aromatic rings. The van der Waals surface area contributed by atoms with Crippen LogP contribution in [0.2, 0.25) is 0 Å². The zero-order valence-electron chi connectivity index (χ0n) is 18.3. The molecule has 2 heterocycles. The van der Waals surface area contributed by atoms with Gasteiger partial charge in [-0.05, 0) is 25.7 Å². The lowest BCUT2D eigenvalue weighted by atomic mass is 10.0. The van der Waals surface area contributed by atoms with Crippen LogP contribution < -0.4 is 16.0 Å². The second kappa shape index (κ2) is 15.7. The molecule has 0 spiro atoms. The predicted molar refractivity (Wildman–Crippen MR) is 119 cm³/mol. The summed E-state index contributed by atoms with van der Waals surface area (Å²) in [5.41, 5.74) is 0. The Balaban J connectivity index is 1.31. The Morgan fingerprint density at radius 3 is 2.43 bits per heavy atom. The van der Waals surface area contributed by atoms with Crippen LogP contribution in [0.3, 0.4) is 0 Å². The molecule has 3 amide bonds. The highest BCUT2D eigenvalue weighted by atomic mass is 32.2. The molecule has 0 aromatic carbocycles. The van der Waals surface area contributed by atoms with Crippen LogP contribution in [-0.2, 0) is 19.0 Å². The van der Waals surface area contributed by atoms with Gasteiger partial charge < -0.3 is 30.2 Å². The summed E-state index contributed by atoms with van der Waals surface area (Å²) in [5, 5.41) is 9.38. The van der Waals surface area contributed by atoms with E-state index in [-0.39, 0.29) is 24.0 Å². The number of amides is 3. The summed E-state index contributed by atoms with van der Waals surface area (Å²) in [6, 6.07) is 0.480. The van der Waals surface area contributed by atoms with Crippen LogP contribution in [0.5, 0.6) is 0 Å². The Morgan fingerprint density at radius 2 is 1.70 bits per heavy atom. The van der Waals surface area contributed by atoms with Gasteiger partial charge in [-0.1, -0.05) is 19.8 Å². The second-order valence-electron chi connectivity index (χ2n) is 7.76. The highest BCUT2D eigenvalue weighted by molar-refractivity contribution is 8.00. The molecule has 30 heavy (non-hydrogen) atoms. The SMILES string of the molecule is CCCCOCCOCCOCCCNC(=O)CCCC[C@H]1SC[C@H]2NC(=O)N[C@@H]21. The first-order valence-corrected chi connectivity index (χ1v) is 12.4. The monoisotopic (exact) mass is 445 g/mol. The van der Waals surface area contributed by atoms with Gasteiger partial charge in [-0.25, -0.2) is 4.79 Å². The lowest BCUT2D eigenvalue weighted by Gasteiger charge is -2.16. The third-order valence-corrected chi connectivity index (χ3v) is 6.76. The van der Waals surface area contributed by atoms with Gasteiger partial charge in [0.05, 0.1) is 38.5 Å². The highest BCUT2D eigenvalue weighted by Gasteiger charge is 2.42. The van der Waals surface area contributed by atoms with Crippen molar-refractivity contribution in [2.45, 2.75) is 69.2 Å². The molecule has 0 bridgehead atoms. The molecule has 0 radical (unpaired) electrons. The number of ether oxygens (including phenoxy) is 3. The van der Waals surface area contributed by atoms with Crippen LogP contribution in [0.1, 0.15) is 51.9 Å². The maximum Gasteiger partial charge on any atom is 0.315 e. The van der Waals surface area contributed by atoms with Gasteiger partial charge in [-0.15, -0.1) is 0 Å². The molecule has 0 unspecified atom stereocenters. The number of carbonyl (C=O) groups excluding carboxylic acids is 2. The maximum absolute atomic E-state index is 11.9. The summed E-state index contributed by atoms with van der Waals surface area (Å²) in [5.74, 6) is 1.09. The van der Waals surface area contributed by atoms with Gasteiger partial charge in [0.2, 0.25) is 5.91 Å². The van der Waals surface area contributed by atoms with Gasteiger partial charge in [0.15, 0.2) is 0 Å². The summed E-state index contributed by atoms with van der Waals surface area (Å²) in [6.45, 7) is 6.60. The Kier molecular flexibility index (Phi) is 13.2. The minimum atomic E-state index is -0.0430.